The Hall–Kier alpha value is -3.56. The van der Waals surface area contributed by atoms with Crippen LogP contribution in [0.2, 0.25) is 0 Å². The van der Waals surface area contributed by atoms with E-state index in [4.69, 9.17) is 61.0 Å². The number of carboxylic acids is 5. The summed E-state index contributed by atoms with van der Waals surface area (Å²) in [5.41, 5.74) is 14.9. The fraction of sp³-hybridized carbons (Fsp3) is 0.529. The molecule has 0 aliphatic rings. The zero-order valence-electron chi connectivity index (χ0n) is 19.0. The molecule has 1 amide bonds. The Morgan fingerprint density at radius 2 is 0.781 bits per heavy atom. The molecule has 32 heavy (non-hydrogen) atoms. The van der Waals surface area contributed by atoms with Gasteiger partial charge in [-0.15, -0.1) is 0 Å². The molecule has 0 fully saturated rings. The van der Waals surface area contributed by atoms with Crippen LogP contribution in [-0.4, -0.2) is 87.5 Å². The monoisotopic (exact) mass is 474 g/mol. The van der Waals surface area contributed by atoms with E-state index in [0.717, 1.165) is 53.8 Å². The fourth-order valence-electron chi connectivity index (χ4n) is 0.329. The summed E-state index contributed by atoms with van der Waals surface area (Å²) in [5.74, 6) is -4.65. The number of hydrogen-bond acceptors (Lipinski definition) is 9. The Morgan fingerprint density at radius 3 is 0.844 bits per heavy atom. The van der Waals surface area contributed by atoms with Crippen LogP contribution < -0.4 is 22.5 Å². The average molecular weight is 475 g/mol. The van der Waals surface area contributed by atoms with Crippen molar-refractivity contribution in [2.45, 2.75) is 34.6 Å². The average Bonchev–Trinajstić information content (AvgIpc) is 2.53. The third-order valence-corrected chi connectivity index (χ3v) is 0.843. The van der Waals surface area contributed by atoms with Crippen molar-refractivity contribution in [3.63, 3.8) is 0 Å². The first-order valence-corrected chi connectivity index (χ1v) is 8.35. The molecule has 0 bridgehead atoms. The maximum atomic E-state index is 9.47. The number of amides is 1. The molecule has 0 unspecified atom stereocenters. The predicted octanol–water partition coefficient (Wildman–Crippen LogP) is -1.39. The van der Waals surface area contributed by atoms with Gasteiger partial charge in [-0.1, -0.05) is 6.58 Å². The summed E-state index contributed by atoms with van der Waals surface area (Å²) in [6, 6.07) is 0. The maximum Gasteiger partial charge on any atom is 0.300 e. The van der Waals surface area contributed by atoms with E-state index in [1.54, 1.807) is 0 Å². The summed E-state index contributed by atoms with van der Waals surface area (Å²) >= 11 is 0. The Labute approximate surface area is 186 Å². The number of rotatable bonds is 5. The number of carboxylic acid groups (broad SMARTS) is 5. The van der Waals surface area contributed by atoms with Crippen LogP contribution in [0.4, 0.5) is 0 Å². The molecule has 15 nitrogen and oxygen atoms in total. The Morgan fingerprint density at radius 1 is 0.656 bits per heavy atom. The van der Waals surface area contributed by atoms with Crippen LogP contribution >= 0.6 is 0 Å². The highest BCUT2D eigenvalue weighted by atomic mass is 16.4. The van der Waals surface area contributed by atoms with E-state index in [1.807, 2.05) is 0 Å². The highest BCUT2D eigenvalue weighted by molar-refractivity contribution is 5.84. The van der Waals surface area contributed by atoms with E-state index in [9.17, 15) is 4.79 Å². The second kappa shape index (κ2) is 45.9. The third-order valence-electron chi connectivity index (χ3n) is 0.843. The molecular formula is C17H38N4O11. The summed E-state index contributed by atoms with van der Waals surface area (Å²) in [5, 5.41) is 40.1. The smallest absolute Gasteiger partial charge is 0.300 e. The van der Waals surface area contributed by atoms with Gasteiger partial charge in [-0.05, 0) is 6.08 Å². The molecule has 0 rings (SSSR count). The topological polar surface area (TPSA) is 294 Å². The molecule has 0 aromatic heterocycles. The number of nitrogens with one attached hydrogen (secondary N) is 1. The summed E-state index contributed by atoms with van der Waals surface area (Å²) in [7, 11) is 0. The van der Waals surface area contributed by atoms with Crippen LogP contribution in [0.1, 0.15) is 34.6 Å². The summed E-state index contributed by atoms with van der Waals surface area (Å²) in [4.78, 5) is 54.5. The zero-order valence-corrected chi connectivity index (χ0v) is 19.0. The molecule has 0 aromatic carbocycles. The van der Waals surface area contributed by atoms with E-state index in [-0.39, 0.29) is 0 Å². The lowest BCUT2D eigenvalue weighted by molar-refractivity contribution is -0.135. The quantitative estimate of drug-likeness (QED) is 0.164. The molecular weight excluding hydrogens is 436 g/mol. The van der Waals surface area contributed by atoms with Gasteiger partial charge in [-0.3, -0.25) is 28.8 Å². The molecule has 0 atom stereocenters. The molecule has 0 radical (unpaired) electrons. The van der Waals surface area contributed by atoms with Crippen molar-refractivity contribution in [1.82, 2.24) is 5.32 Å². The zero-order chi connectivity index (χ0) is 27.7. The summed E-state index contributed by atoms with van der Waals surface area (Å²) < 4.78 is 0. The van der Waals surface area contributed by atoms with Gasteiger partial charge in [0.05, 0.1) is 0 Å². The second-order valence-corrected chi connectivity index (χ2v) is 4.53. The molecule has 0 aliphatic heterocycles. The molecule has 0 heterocycles. The fourth-order valence-corrected chi connectivity index (χ4v) is 0.329. The van der Waals surface area contributed by atoms with Gasteiger partial charge < -0.3 is 48.1 Å². The standard InChI is InChI=1S/C4H13N3.C3H5NO.5C2H4O2/c5-1-3-7-4-2-6;1-2-3(4)5;5*1-2(3)4/h7H,1-6H2;2H,1H2,(H2,4,5);5*1H3,(H,3,4). The summed E-state index contributed by atoms with van der Waals surface area (Å²) in [6.45, 7) is 11.6. The van der Waals surface area contributed by atoms with Crippen LogP contribution in [0.5, 0.6) is 0 Å². The van der Waals surface area contributed by atoms with Crippen LogP contribution in [0.3, 0.4) is 0 Å². The van der Waals surface area contributed by atoms with Crippen LogP contribution in [-0.2, 0) is 28.8 Å². The van der Waals surface area contributed by atoms with E-state index in [2.05, 4.69) is 17.6 Å². The van der Waals surface area contributed by atoms with E-state index < -0.39 is 35.8 Å². The van der Waals surface area contributed by atoms with Crippen molar-refractivity contribution in [2.75, 3.05) is 26.2 Å². The van der Waals surface area contributed by atoms with Gasteiger partial charge in [0.15, 0.2) is 0 Å². The lowest BCUT2D eigenvalue weighted by Crippen LogP contribution is -2.27. The molecule has 0 aromatic rings. The van der Waals surface area contributed by atoms with Gasteiger partial charge in [-0.25, -0.2) is 0 Å². The van der Waals surface area contributed by atoms with Gasteiger partial charge in [0.25, 0.3) is 29.8 Å². The Bertz CT molecular complexity index is 405. The van der Waals surface area contributed by atoms with Crippen molar-refractivity contribution < 1.29 is 54.3 Å². The SMILES string of the molecule is C=CC(N)=O.CC(=O)O.CC(=O)O.CC(=O)O.CC(=O)O.CC(=O)O.NCCNCCN. The normalized spacial score (nSPS) is 6.97. The van der Waals surface area contributed by atoms with Gasteiger partial charge in [0.1, 0.15) is 0 Å². The molecule has 0 saturated heterocycles. The van der Waals surface area contributed by atoms with Crippen LogP contribution in [0.15, 0.2) is 12.7 Å². The number of carbonyl (C=O) groups is 6. The van der Waals surface area contributed by atoms with E-state index in [1.165, 1.54) is 0 Å². The lowest BCUT2D eigenvalue weighted by Gasteiger charge is -1.95. The van der Waals surface area contributed by atoms with Gasteiger partial charge in [0.2, 0.25) is 5.91 Å². The minimum Gasteiger partial charge on any atom is -0.481 e. The van der Waals surface area contributed by atoms with E-state index >= 15 is 0 Å². The number of aliphatic carboxylic acids is 5. The lowest BCUT2D eigenvalue weighted by atomic mass is 10.6. The number of carbonyl (C=O) groups excluding carboxylic acids is 1. The highest BCUT2D eigenvalue weighted by Crippen LogP contribution is 1.49. The molecule has 12 N–H and O–H groups in total. The minimum absolute atomic E-state index is 0.481. The molecule has 15 heteroatoms. The number of nitrogens with two attached hydrogens (primary N) is 3. The molecule has 0 saturated carbocycles. The van der Waals surface area contributed by atoms with Crippen molar-refractivity contribution >= 4 is 35.8 Å². The Balaban J connectivity index is -0.0000000462. The molecule has 0 aliphatic carbocycles. The first-order chi connectivity index (χ1) is 14.3. The molecule has 192 valence electrons. The van der Waals surface area contributed by atoms with Crippen LogP contribution in [0.25, 0.3) is 0 Å². The highest BCUT2D eigenvalue weighted by Gasteiger charge is 1.76. The van der Waals surface area contributed by atoms with Crippen molar-refractivity contribution in [1.29, 1.82) is 0 Å². The number of primary amides is 1. The third kappa shape index (κ3) is 2870. The number of hydrogen-bond donors (Lipinski definition) is 9. The first-order valence-electron chi connectivity index (χ1n) is 8.35. The molecule has 0 spiro atoms. The predicted molar refractivity (Wildman–Crippen MR) is 117 cm³/mol. The minimum atomic E-state index is -0.833. The van der Waals surface area contributed by atoms with Crippen LogP contribution in [0, 0.1) is 0 Å². The van der Waals surface area contributed by atoms with Gasteiger partial charge >= 0.3 is 0 Å². The van der Waals surface area contributed by atoms with Gasteiger partial charge in [0, 0.05) is 60.8 Å². The van der Waals surface area contributed by atoms with Crippen molar-refractivity contribution in [3.05, 3.63) is 12.7 Å². The Kier molecular flexibility index (Phi) is 66.8. The maximum absolute atomic E-state index is 9.47. The van der Waals surface area contributed by atoms with E-state index in [0.29, 0.717) is 13.1 Å². The largest absolute Gasteiger partial charge is 0.481 e. The van der Waals surface area contributed by atoms with Gasteiger partial charge in [-0.2, -0.15) is 0 Å². The van der Waals surface area contributed by atoms with Crippen molar-refractivity contribution in [3.8, 4) is 0 Å². The second-order valence-electron chi connectivity index (χ2n) is 4.53. The van der Waals surface area contributed by atoms with Crippen molar-refractivity contribution in [2.24, 2.45) is 17.2 Å². The summed E-state index contributed by atoms with van der Waals surface area (Å²) in [6.07, 6.45) is 1.06. The first kappa shape index (κ1) is 46.6.